The minimum absolute atomic E-state index is 0.131. The molecule has 0 saturated heterocycles. The molecule has 1 saturated carbocycles. The molecule has 0 aliphatic heterocycles. The summed E-state index contributed by atoms with van der Waals surface area (Å²) < 4.78 is 11.7. The molecule has 0 aromatic heterocycles. The number of ether oxygens (including phenoxy) is 2. The average Bonchev–Trinajstić information content (AvgIpc) is 3.36. The van der Waals surface area contributed by atoms with E-state index in [2.05, 4.69) is 21.2 Å². The van der Waals surface area contributed by atoms with Gasteiger partial charge in [-0.2, -0.15) is 0 Å². The third-order valence-electron chi connectivity index (χ3n) is 3.73. The van der Waals surface area contributed by atoms with Crippen LogP contribution in [0.25, 0.3) is 0 Å². The van der Waals surface area contributed by atoms with Crippen LogP contribution in [0.4, 0.5) is 0 Å². The number of nitrogens with zero attached hydrogens (tertiary/aromatic N) is 1. The Labute approximate surface area is 146 Å². The van der Waals surface area contributed by atoms with Gasteiger partial charge in [0, 0.05) is 36.3 Å². The fourth-order valence-corrected chi connectivity index (χ4v) is 2.84. The molecule has 1 fully saturated rings. The Morgan fingerprint density at radius 3 is 2.87 bits per heavy atom. The molecule has 128 valence electrons. The molecule has 5 nitrogen and oxygen atoms in total. The summed E-state index contributed by atoms with van der Waals surface area (Å²) in [6, 6.07) is 6.31. The van der Waals surface area contributed by atoms with E-state index < -0.39 is 0 Å². The zero-order chi connectivity index (χ0) is 16.7. The summed E-state index contributed by atoms with van der Waals surface area (Å²) in [5.41, 5.74) is 1.04. The molecule has 23 heavy (non-hydrogen) atoms. The molecule has 6 heteroatoms. The van der Waals surface area contributed by atoms with E-state index in [1.54, 1.807) is 7.11 Å². The van der Waals surface area contributed by atoms with Crippen LogP contribution in [0.5, 0.6) is 5.75 Å². The topological polar surface area (TPSA) is 50.8 Å². The number of halogens is 1. The van der Waals surface area contributed by atoms with Crippen LogP contribution in [0, 0.1) is 0 Å². The maximum absolute atomic E-state index is 12.5. The third-order valence-corrected chi connectivity index (χ3v) is 4.22. The molecular weight excluding hydrogens is 360 g/mol. The smallest absolute Gasteiger partial charge is 0.237 e. The van der Waals surface area contributed by atoms with Crippen LogP contribution < -0.4 is 10.1 Å². The van der Waals surface area contributed by atoms with Crippen LogP contribution >= 0.6 is 15.9 Å². The number of carbonyl (C=O) groups excluding carboxylic acids is 1. The molecule has 0 heterocycles. The van der Waals surface area contributed by atoms with E-state index in [1.807, 2.05) is 30.0 Å². The number of rotatable bonds is 10. The van der Waals surface area contributed by atoms with Crippen molar-refractivity contribution < 1.29 is 14.3 Å². The fourth-order valence-electron chi connectivity index (χ4n) is 2.43. The summed E-state index contributed by atoms with van der Waals surface area (Å²) in [5, 5.41) is 3.13. The first-order valence-corrected chi connectivity index (χ1v) is 8.85. The van der Waals surface area contributed by atoms with E-state index in [0.29, 0.717) is 38.9 Å². The number of hydrogen-bond donors (Lipinski definition) is 1. The Morgan fingerprint density at radius 2 is 2.22 bits per heavy atom. The van der Waals surface area contributed by atoms with Gasteiger partial charge in [0.2, 0.25) is 5.91 Å². The number of methoxy groups -OCH3 is 1. The summed E-state index contributed by atoms with van der Waals surface area (Å²) in [4.78, 5) is 14.5. The van der Waals surface area contributed by atoms with Crippen molar-refractivity contribution in [3.05, 3.63) is 28.2 Å². The predicted molar refractivity (Wildman–Crippen MR) is 93.6 cm³/mol. The standard InChI is InChI=1S/C17H25BrN2O3/c1-3-23-16-7-4-14(18)10-13(16)12-20(15-5-6-15)17(21)11-19-8-9-22-2/h4,7,10,15,19H,3,5-6,8-9,11-12H2,1-2H3. The SMILES string of the molecule is CCOc1ccc(Br)cc1CN(C(=O)CNCCOC)C1CC1. The molecule has 1 aromatic carbocycles. The number of benzene rings is 1. The van der Waals surface area contributed by atoms with Gasteiger partial charge in [0.05, 0.1) is 19.8 Å². The first kappa shape index (κ1) is 18.2. The van der Waals surface area contributed by atoms with Gasteiger partial charge < -0.3 is 19.7 Å². The zero-order valence-electron chi connectivity index (χ0n) is 13.8. The Bertz CT molecular complexity index is 521. The Morgan fingerprint density at radius 1 is 1.43 bits per heavy atom. The molecule has 2 rings (SSSR count). The Hall–Kier alpha value is -1.11. The van der Waals surface area contributed by atoms with E-state index in [0.717, 1.165) is 28.6 Å². The maximum Gasteiger partial charge on any atom is 0.237 e. The molecule has 1 aliphatic rings. The molecule has 0 bridgehead atoms. The highest BCUT2D eigenvalue weighted by Crippen LogP contribution is 2.31. The molecule has 1 amide bonds. The second kappa shape index (κ2) is 9.25. The predicted octanol–water partition coefficient (Wildman–Crippen LogP) is 2.57. The molecule has 0 atom stereocenters. The highest BCUT2D eigenvalue weighted by atomic mass is 79.9. The summed E-state index contributed by atoms with van der Waals surface area (Å²) in [6.45, 7) is 4.81. The van der Waals surface area contributed by atoms with Gasteiger partial charge in [-0.15, -0.1) is 0 Å². The van der Waals surface area contributed by atoms with Crippen molar-refractivity contribution in [2.24, 2.45) is 0 Å². The first-order valence-electron chi connectivity index (χ1n) is 8.06. The monoisotopic (exact) mass is 384 g/mol. The summed E-state index contributed by atoms with van der Waals surface area (Å²) >= 11 is 3.50. The minimum atomic E-state index is 0.131. The lowest BCUT2D eigenvalue weighted by molar-refractivity contribution is -0.131. The first-order chi connectivity index (χ1) is 11.2. The Balaban J connectivity index is 2.01. The van der Waals surface area contributed by atoms with Gasteiger partial charge >= 0.3 is 0 Å². The fraction of sp³-hybridized carbons (Fsp3) is 0.588. The highest BCUT2D eigenvalue weighted by molar-refractivity contribution is 9.10. The van der Waals surface area contributed by atoms with Crippen molar-refractivity contribution in [3.63, 3.8) is 0 Å². The normalized spacial score (nSPS) is 13.9. The molecule has 0 unspecified atom stereocenters. The van der Waals surface area contributed by atoms with Gasteiger partial charge in [-0.1, -0.05) is 15.9 Å². The van der Waals surface area contributed by atoms with Crippen molar-refractivity contribution in [1.82, 2.24) is 10.2 Å². The van der Waals surface area contributed by atoms with E-state index >= 15 is 0 Å². The lowest BCUT2D eigenvalue weighted by atomic mass is 10.2. The van der Waals surface area contributed by atoms with Crippen LogP contribution in [0.1, 0.15) is 25.3 Å². The van der Waals surface area contributed by atoms with Crippen LogP contribution in [0.15, 0.2) is 22.7 Å². The molecule has 1 aromatic rings. The highest BCUT2D eigenvalue weighted by Gasteiger charge is 2.32. The summed E-state index contributed by atoms with van der Waals surface area (Å²) in [5.74, 6) is 0.979. The lowest BCUT2D eigenvalue weighted by Crippen LogP contribution is -2.40. The summed E-state index contributed by atoms with van der Waals surface area (Å²) in [7, 11) is 1.66. The number of hydrogen-bond acceptors (Lipinski definition) is 4. The van der Waals surface area contributed by atoms with Crippen LogP contribution in [0.3, 0.4) is 0 Å². The van der Waals surface area contributed by atoms with Gasteiger partial charge in [-0.25, -0.2) is 0 Å². The van der Waals surface area contributed by atoms with E-state index in [-0.39, 0.29) is 5.91 Å². The van der Waals surface area contributed by atoms with Crippen LogP contribution in [-0.2, 0) is 16.1 Å². The largest absolute Gasteiger partial charge is 0.494 e. The van der Waals surface area contributed by atoms with E-state index in [1.165, 1.54) is 0 Å². The molecular formula is C17H25BrN2O3. The van der Waals surface area contributed by atoms with E-state index in [9.17, 15) is 4.79 Å². The van der Waals surface area contributed by atoms with Crippen molar-refractivity contribution in [1.29, 1.82) is 0 Å². The third kappa shape index (κ3) is 5.79. The zero-order valence-corrected chi connectivity index (χ0v) is 15.4. The minimum Gasteiger partial charge on any atom is -0.494 e. The summed E-state index contributed by atoms with van der Waals surface area (Å²) in [6.07, 6.45) is 2.17. The van der Waals surface area contributed by atoms with Gasteiger partial charge in [0.25, 0.3) is 0 Å². The van der Waals surface area contributed by atoms with Gasteiger partial charge in [-0.3, -0.25) is 4.79 Å². The van der Waals surface area contributed by atoms with Crippen LogP contribution in [0.2, 0.25) is 0 Å². The van der Waals surface area contributed by atoms with E-state index in [4.69, 9.17) is 9.47 Å². The molecule has 1 aliphatic carbocycles. The lowest BCUT2D eigenvalue weighted by Gasteiger charge is -2.24. The second-order valence-electron chi connectivity index (χ2n) is 5.61. The van der Waals surface area contributed by atoms with Crippen molar-refractivity contribution >= 4 is 21.8 Å². The van der Waals surface area contributed by atoms with Gasteiger partial charge in [0.1, 0.15) is 5.75 Å². The second-order valence-corrected chi connectivity index (χ2v) is 6.52. The number of amides is 1. The quantitative estimate of drug-likeness (QED) is 0.629. The van der Waals surface area contributed by atoms with Crippen LogP contribution in [-0.4, -0.2) is 50.3 Å². The van der Waals surface area contributed by atoms with Crippen molar-refractivity contribution in [3.8, 4) is 5.75 Å². The molecule has 0 spiro atoms. The maximum atomic E-state index is 12.5. The number of carbonyl (C=O) groups is 1. The molecule has 0 radical (unpaired) electrons. The van der Waals surface area contributed by atoms with Gasteiger partial charge in [-0.05, 0) is 38.0 Å². The van der Waals surface area contributed by atoms with Crippen molar-refractivity contribution in [2.75, 3.05) is 33.4 Å². The Kier molecular flexibility index (Phi) is 7.33. The average molecular weight is 385 g/mol. The number of nitrogens with one attached hydrogen (secondary N) is 1. The molecule has 1 N–H and O–H groups in total. The van der Waals surface area contributed by atoms with Crippen molar-refractivity contribution in [2.45, 2.75) is 32.4 Å². The van der Waals surface area contributed by atoms with Gasteiger partial charge in [0.15, 0.2) is 0 Å².